The second-order valence-corrected chi connectivity index (χ2v) is 4.16. The van der Waals surface area contributed by atoms with Gasteiger partial charge in [-0.2, -0.15) is 0 Å². The second-order valence-electron chi connectivity index (χ2n) is 3.75. The normalized spacial score (nSPS) is 10.1. The predicted octanol–water partition coefficient (Wildman–Crippen LogP) is 2.62. The van der Waals surface area contributed by atoms with Gasteiger partial charge in [-0.15, -0.1) is 0 Å². The Morgan fingerprint density at radius 2 is 2.22 bits per heavy atom. The van der Waals surface area contributed by atoms with Crippen LogP contribution in [0.15, 0.2) is 42.7 Å². The first-order valence-electron chi connectivity index (χ1n) is 5.32. The third-order valence-corrected chi connectivity index (χ3v) is 2.64. The number of aromatic hydroxyl groups is 1. The first kappa shape index (κ1) is 12.4. The number of pyridine rings is 1. The zero-order chi connectivity index (χ0) is 13.0. The van der Waals surface area contributed by atoms with Crippen LogP contribution >= 0.6 is 11.6 Å². The van der Waals surface area contributed by atoms with Crippen molar-refractivity contribution in [2.75, 3.05) is 5.32 Å². The minimum absolute atomic E-state index is 0.0594. The number of nitrogens with zero attached hydrogens (tertiary/aromatic N) is 1. The van der Waals surface area contributed by atoms with Gasteiger partial charge < -0.3 is 10.4 Å². The van der Waals surface area contributed by atoms with Crippen LogP contribution < -0.4 is 5.32 Å². The molecule has 4 nitrogen and oxygen atoms in total. The van der Waals surface area contributed by atoms with Gasteiger partial charge in [-0.25, -0.2) is 0 Å². The van der Waals surface area contributed by atoms with Gasteiger partial charge in [0.25, 0.3) is 0 Å². The molecular formula is C13H11ClN2O2. The Balaban J connectivity index is 2.01. The van der Waals surface area contributed by atoms with Crippen LogP contribution in [0.5, 0.6) is 5.75 Å². The Bertz CT molecular complexity index is 558. The molecule has 1 amide bonds. The summed E-state index contributed by atoms with van der Waals surface area (Å²) in [6.45, 7) is 0. The summed E-state index contributed by atoms with van der Waals surface area (Å²) in [5.41, 5.74) is 1.33. The molecule has 1 aromatic heterocycles. The van der Waals surface area contributed by atoms with Gasteiger partial charge in [-0.1, -0.05) is 17.7 Å². The fourth-order valence-corrected chi connectivity index (χ4v) is 1.60. The van der Waals surface area contributed by atoms with Crippen LogP contribution in [0.4, 0.5) is 5.69 Å². The molecule has 0 saturated heterocycles. The quantitative estimate of drug-likeness (QED) is 0.894. The molecule has 0 aliphatic rings. The minimum Gasteiger partial charge on any atom is -0.506 e. The Labute approximate surface area is 109 Å². The Morgan fingerprint density at radius 3 is 2.89 bits per heavy atom. The highest BCUT2D eigenvalue weighted by molar-refractivity contribution is 6.32. The molecule has 2 N–H and O–H groups in total. The summed E-state index contributed by atoms with van der Waals surface area (Å²) in [5, 5.41) is 12.3. The summed E-state index contributed by atoms with van der Waals surface area (Å²) < 4.78 is 0. The second kappa shape index (κ2) is 5.51. The molecule has 18 heavy (non-hydrogen) atoms. The van der Waals surface area contributed by atoms with E-state index in [4.69, 9.17) is 11.6 Å². The van der Waals surface area contributed by atoms with Crippen LogP contribution in [-0.4, -0.2) is 16.0 Å². The molecule has 0 radical (unpaired) electrons. The van der Waals surface area contributed by atoms with E-state index in [0.29, 0.717) is 5.69 Å². The molecule has 1 aromatic carbocycles. The van der Waals surface area contributed by atoms with Gasteiger partial charge in [0.2, 0.25) is 5.91 Å². The summed E-state index contributed by atoms with van der Waals surface area (Å²) >= 11 is 5.68. The van der Waals surface area contributed by atoms with Crippen LogP contribution in [0.1, 0.15) is 5.56 Å². The van der Waals surface area contributed by atoms with E-state index in [1.165, 1.54) is 12.1 Å². The van der Waals surface area contributed by atoms with Crippen molar-refractivity contribution in [1.29, 1.82) is 0 Å². The number of nitrogens with one attached hydrogen (secondary N) is 1. The van der Waals surface area contributed by atoms with Crippen LogP contribution in [0.25, 0.3) is 0 Å². The standard InChI is InChI=1S/C13H11ClN2O2/c14-11-4-3-10(7-12(11)17)16-13(18)6-9-2-1-5-15-8-9/h1-5,7-8,17H,6H2,(H,16,18). The van der Waals surface area contributed by atoms with Crippen LogP contribution in [0.2, 0.25) is 5.02 Å². The van der Waals surface area contributed by atoms with Crippen molar-refractivity contribution < 1.29 is 9.90 Å². The highest BCUT2D eigenvalue weighted by Gasteiger charge is 2.06. The minimum atomic E-state index is -0.176. The van der Waals surface area contributed by atoms with E-state index in [1.807, 2.05) is 6.07 Å². The summed E-state index contributed by atoms with van der Waals surface area (Å²) in [6, 6.07) is 8.16. The number of anilines is 1. The summed E-state index contributed by atoms with van der Waals surface area (Å²) in [4.78, 5) is 15.7. The molecule has 0 bridgehead atoms. The Morgan fingerprint density at radius 1 is 1.39 bits per heavy atom. The number of aromatic nitrogens is 1. The van der Waals surface area contributed by atoms with E-state index >= 15 is 0 Å². The van der Waals surface area contributed by atoms with E-state index in [9.17, 15) is 9.90 Å². The third kappa shape index (κ3) is 3.21. The maximum atomic E-state index is 11.7. The highest BCUT2D eigenvalue weighted by atomic mass is 35.5. The lowest BCUT2D eigenvalue weighted by Crippen LogP contribution is -2.14. The largest absolute Gasteiger partial charge is 0.506 e. The lowest BCUT2D eigenvalue weighted by Gasteiger charge is -2.06. The van der Waals surface area contributed by atoms with Crippen molar-refractivity contribution in [3.05, 3.63) is 53.3 Å². The lowest BCUT2D eigenvalue weighted by molar-refractivity contribution is -0.115. The Hall–Kier alpha value is -2.07. The molecule has 0 aliphatic heterocycles. The molecule has 2 rings (SSSR count). The molecule has 0 aliphatic carbocycles. The maximum absolute atomic E-state index is 11.7. The van der Waals surface area contributed by atoms with Gasteiger partial charge in [0.1, 0.15) is 5.75 Å². The number of benzene rings is 1. The van der Waals surface area contributed by atoms with Gasteiger partial charge in [0.05, 0.1) is 11.4 Å². The number of hydrogen-bond acceptors (Lipinski definition) is 3. The van der Waals surface area contributed by atoms with Crippen LogP contribution in [-0.2, 0) is 11.2 Å². The van der Waals surface area contributed by atoms with E-state index < -0.39 is 0 Å². The van der Waals surface area contributed by atoms with Crippen molar-refractivity contribution in [2.45, 2.75) is 6.42 Å². The Kier molecular flexibility index (Phi) is 3.79. The lowest BCUT2D eigenvalue weighted by atomic mass is 10.2. The summed E-state index contributed by atoms with van der Waals surface area (Å²) in [6.07, 6.45) is 3.52. The number of phenolic OH excluding ortho intramolecular Hbond substituents is 1. The topological polar surface area (TPSA) is 62.2 Å². The van der Waals surface area contributed by atoms with Crippen molar-refractivity contribution in [3.8, 4) is 5.75 Å². The number of amides is 1. The first-order valence-corrected chi connectivity index (χ1v) is 5.70. The van der Waals surface area contributed by atoms with Crippen molar-refractivity contribution >= 4 is 23.2 Å². The van der Waals surface area contributed by atoms with Crippen LogP contribution in [0.3, 0.4) is 0 Å². The zero-order valence-corrected chi connectivity index (χ0v) is 10.2. The van der Waals surface area contributed by atoms with Crippen molar-refractivity contribution in [3.63, 3.8) is 0 Å². The van der Waals surface area contributed by atoms with Gasteiger partial charge in [-0.05, 0) is 23.8 Å². The van der Waals surface area contributed by atoms with E-state index in [0.717, 1.165) is 5.56 Å². The third-order valence-electron chi connectivity index (χ3n) is 2.32. The molecule has 92 valence electrons. The van der Waals surface area contributed by atoms with Crippen LogP contribution in [0, 0.1) is 0 Å². The van der Waals surface area contributed by atoms with E-state index in [2.05, 4.69) is 10.3 Å². The fourth-order valence-electron chi connectivity index (χ4n) is 1.48. The van der Waals surface area contributed by atoms with E-state index in [1.54, 1.807) is 24.5 Å². The zero-order valence-electron chi connectivity index (χ0n) is 9.43. The summed E-state index contributed by atoms with van der Waals surface area (Å²) in [5.74, 6) is -0.236. The van der Waals surface area contributed by atoms with Gasteiger partial charge in [-0.3, -0.25) is 9.78 Å². The SMILES string of the molecule is O=C(Cc1cccnc1)Nc1ccc(Cl)c(O)c1. The first-order chi connectivity index (χ1) is 8.65. The molecule has 1 heterocycles. The van der Waals surface area contributed by atoms with Gasteiger partial charge in [0.15, 0.2) is 0 Å². The molecule has 0 spiro atoms. The van der Waals surface area contributed by atoms with Crippen molar-refractivity contribution in [2.24, 2.45) is 0 Å². The van der Waals surface area contributed by atoms with Crippen molar-refractivity contribution in [1.82, 2.24) is 4.98 Å². The number of halogens is 1. The average Bonchev–Trinajstić information content (AvgIpc) is 2.35. The molecule has 5 heteroatoms. The molecule has 0 unspecified atom stereocenters. The number of carbonyl (C=O) groups excluding carboxylic acids is 1. The molecule has 0 atom stereocenters. The number of hydrogen-bond donors (Lipinski definition) is 2. The van der Waals surface area contributed by atoms with E-state index in [-0.39, 0.29) is 23.1 Å². The maximum Gasteiger partial charge on any atom is 0.228 e. The number of phenols is 1. The molecule has 0 fully saturated rings. The molecular weight excluding hydrogens is 252 g/mol. The summed E-state index contributed by atoms with van der Waals surface area (Å²) in [7, 11) is 0. The number of rotatable bonds is 3. The monoisotopic (exact) mass is 262 g/mol. The highest BCUT2D eigenvalue weighted by Crippen LogP contribution is 2.26. The van der Waals surface area contributed by atoms with Gasteiger partial charge >= 0.3 is 0 Å². The van der Waals surface area contributed by atoms with Gasteiger partial charge in [0, 0.05) is 24.1 Å². The average molecular weight is 263 g/mol. The fraction of sp³-hybridized carbons (Fsp3) is 0.0769. The number of carbonyl (C=O) groups is 1. The molecule has 2 aromatic rings. The molecule has 0 saturated carbocycles. The smallest absolute Gasteiger partial charge is 0.228 e. The predicted molar refractivity (Wildman–Crippen MR) is 69.7 cm³/mol.